The summed E-state index contributed by atoms with van der Waals surface area (Å²) in [5, 5.41) is 9.87. The number of ether oxygens (including phenoxy) is 2. The van der Waals surface area contributed by atoms with Crippen molar-refractivity contribution < 1.29 is 19.4 Å². The van der Waals surface area contributed by atoms with Crippen LogP contribution in [0.25, 0.3) is 0 Å². The van der Waals surface area contributed by atoms with Gasteiger partial charge in [0.15, 0.2) is 6.29 Å². The van der Waals surface area contributed by atoms with Gasteiger partial charge in [-0.15, -0.1) is 0 Å². The zero-order valence-electron chi connectivity index (χ0n) is 15.6. The standard InChI is InChI=1S/C20H32O4/c1-13-14(21)10-15-17(2,3)6-5-7-18(15,4)20(13)9-8-19(24-20)11-16(22)23-12-19/h13,15-16,22H,5-12H2,1-4H3. The Kier molecular flexibility index (Phi) is 3.57. The molecular formula is C20H32O4. The van der Waals surface area contributed by atoms with Crippen LogP contribution in [-0.4, -0.2) is 35.0 Å². The lowest BCUT2D eigenvalue weighted by Crippen LogP contribution is -2.65. The van der Waals surface area contributed by atoms with Crippen molar-refractivity contribution in [3.63, 3.8) is 0 Å². The first-order valence-electron chi connectivity index (χ1n) is 9.67. The van der Waals surface area contributed by atoms with Crippen LogP contribution in [-0.2, 0) is 14.3 Å². The maximum Gasteiger partial charge on any atom is 0.157 e. The zero-order chi connectivity index (χ0) is 17.4. The molecule has 1 N–H and O–H groups in total. The lowest BCUT2D eigenvalue weighted by Gasteiger charge is -2.63. The molecule has 4 heteroatoms. The minimum Gasteiger partial charge on any atom is -0.368 e. The van der Waals surface area contributed by atoms with Crippen molar-refractivity contribution in [2.24, 2.45) is 22.7 Å². The predicted molar refractivity (Wildman–Crippen MR) is 90.4 cm³/mol. The second kappa shape index (κ2) is 5.05. The lowest BCUT2D eigenvalue weighted by atomic mass is 9.44. The average Bonchev–Trinajstić information content (AvgIpc) is 3.05. The zero-order valence-corrected chi connectivity index (χ0v) is 15.6. The second-order valence-corrected chi connectivity index (χ2v) is 9.85. The molecule has 0 aromatic heterocycles. The van der Waals surface area contributed by atoms with Crippen molar-refractivity contribution in [3.8, 4) is 0 Å². The molecule has 2 aliphatic heterocycles. The molecule has 0 radical (unpaired) electrons. The summed E-state index contributed by atoms with van der Waals surface area (Å²) in [5.41, 5.74) is -0.571. The Morgan fingerprint density at radius 1 is 1.12 bits per heavy atom. The van der Waals surface area contributed by atoms with Crippen LogP contribution in [0, 0.1) is 22.7 Å². The van der Waals surface area contributed by atoms with E-state index in [1.807, 2.05) is 0 Å². The normalized spacial score (nSPS) is 53.7. The molecule has 0 aromatic rings. The second-order valence-electron chi connectivity index (χ2n) is 9.85. The van der Waals surface area contributed by atoms with E-state index in [9.17, 15) is 9.90 Å². The van der Waals surface area contributed by atoms with Crippen LogP contribution in [0.3, 0.4) is 0 Å². The summed E-state index contributed by atoms with van der Waals surface area (Å²) < 4.78 is 12.3. The molecule has 2 aliphatic carbocycles. The first kappa shape index (κ1) is 17.0. The Morgan fingerprint density at radius 3 is 2.54 bits per heavy atom. The van der Waals surface area contributed by atoms with E-state index in [1.165, 1.54) is 12.8 Å². The van der Waals surface area contributed by atoms with Crippen LogP contribution in [0.2, 0.25) is 0 Å². The third-order valence-corrected chi connectivity index (χ3v) is 8.22. The van der Waals surface area contributed by atoms with Gasteiger partial charge in [0.05, 0.1) is 17.8 Å². The smallest absolute Gasteiger partial charge is 0.157 e. The molecule has 2 saturated heterocycles. The molecule has 6 unspecified atom stereocenters. The number of hydrogen-bond acceptors (Lipinski definition) is 4. The topological polar surface area (TPSA) is 55.8 Å². The molecule has 24 heavy (non-hydrogen) atoms. The van der Waals surface area contributed by atoms with Crippen molar-refractivity contribution >= 4 is 5.78 Å². The lowest BCUT2D eigenvalue weighted by molar-refractivity contribution is -0.239. The van der Waals surface area contributed by atoms with Gasteiger partial charge in [-0.2, -0.15) is 0 Å². The monoisotopic (exact) mass is 336 g/mol. The molecule has 2 spiro atoms. The van der Waals surface area contributed by atoms with Gasteiger partial charge in [-0.05, 0) is 37.0 Å². The van der Waals surface area contributed by atoms with E-state index < -0.39 is 11.9 Å². The Bertz CT molecular complexity index is 558. The van der Waals surface area contributed by atoms with Crippen LogP contribution in [0.5, 0.6) is 0 Å². The number of carbonyl (C=O) groups excluding carboxylic acids is 1. The minimum absolute atomic E-state index is 0.0269. The van der Waals surface area contributed by atoms with E-state index in [0.717, 1.165) is 19.3 Å². The number of carbonyl (C=O) groups is 1. The number of rotatable bonds is 0. The van der Waals surface area contributed by atoms with Gasteiger partial charge in [0.2, 0.25) is 0 Å². The average molecular weight is 336 g/mol. The molecule has 4 aliphatic rings. The summed E-state index contributed by atoms with van der Waals surface area (Å²) in [7, 11) is 0. The highest BCUT2D eigenvalue weighted by Gasteiger charge is 2.69. The molecule has 2 heterocycles. The summed E-state index contributed by atoms with van der Waals surface area (Å²) in [4.78, 5) is 12.9. The summed E-state index contributed by atoms with van der Waals surface area (Å²) in [5.74, 6) is 0.679. The molecular weight excluding hydrogens is 304 g/mol. The highest BCUT2D eigenvalue weighted by Crippen LogP contribution is 2.67. The molecule has 4 fully saturated rings. The molecule has 6 atom stereocenters. The van der Waals surface area contributed by atoms with Crippen LogP contribution >= 0.6 is 0 Å². The fourth-order valence-electron chi connectivity index (χ4n) is 6.80. The molecule has 0 aromatic carbocycles. The number of ketones is 1. The number of aliphatic hydroxyl groups excluding tert-OH is 1. The van der Waals surface area contributed by atoms with Gasteiger partial charge in [0.1, 0.15) is 5.78 Å². The predicted octanol–water partition coefficient (Wildman–Crippen LogP) is 3.45. The van der Waals surface area contributed by atoms with Gasteiger partial charge in [-0.25, -0.2) is 0 Å². The van der Waals surface area contributed by atoms with Gasteiger partial charge in [0, 0.05) is 24.2 Å². The Labute approximate surface area is 145 Å². The summed E-state index contributed by atoms with van der Waals surface area (Å²) in [6.45, 7) is 9.59. The van der Waals surface area contributed by atoms with Crippen LogP contribution in [0.4, 0.5) is 0 Å². The number of Topliss-reactive ketones (excluding diaryl/α,β-unsaturated/α-hetero) is 1. The number of hydrogen-bond donors (Lipinski definition) is 1. The van der Waals surface area contributed by atoms with Crippen molar-refractivity contribution in [2.75, 3.05) is 6.61 Å². The number of fused-ring (bicyclic) bond motifs is 2. The molecule has 4 rings (SSSR count). The molecule has 2 saturated carbocycles. The largest absolute Gasteiger partial charge is 0.368 e. The first-order chi connectivity index (χ1) is 11.1. The SMILES string of the molecule is CC1C(=O)CC2C(C)(C)CCCC2(C)C12CCC1(COC(O)C1)O2. The first-order valence-corrected chi connectivity index (χ1v) is 9.67. The van der Waals surface area contributed by atoms with Crippen LogP contribution < -0.4 is 0 Å². The van der Waals surface area contributed by atoms with Gasteiger partial charge in [-0.1, -0.05) is 34.1 Å². The summed E-state index contributed by atoms with van der Waals surface area (Å²) in [6, 6.07) is 0. The third kappa shape index (κ3) is 2.05. The van der Waals surface area contributed by atoms with Crippen LogP contribution in [0.1, 0.15) is 72.6 Å². The van der Waals surface area contributed by atoms with Crippen LogP contribution in [0.15, 0.2) is 0 Å². The molecule has 0 amide bonds. The van der Waals surface area contributed by atoms with Crippen molar-refractivity contribution in [2.45, 2.75) is 90.1 Å². The van der Waals surface area contributed by atoms with Gasteiger partial charge >= 0.3 is 0 Å². The Hall–Kier alpha value is -0.450. The molecule has 136 valence electrons. The summed E-state index contributed by atoms with van der Waals surface area (Å²) in [6.07, 6.45) is 5.86. The van der Waals surface area contributed by atoms with Gasteiger partial charge < -0.3 is 14.6 Å². The highest BCUT2D eigenvalue weighted by molar-refractivity contribution is 5.84. The quantitative estimate of drug-likeness (QED) is 0.736. The van der Waals surface area contributed by atoms with E-state index >= 15 is 0 Å². The molecule has 4 nitrogen and oxygen atoms in total. The maximum atomic E-state index is 12.9. The fraction of sp³-hybridized carbons (Fsp3) is 0.950. The van der Waals surface area contributed by atoms with Gasteiger partial charge in [0.25, 0.3) is 0 Å². The molecule has 0 bridgehead atoms. The van der Waals surface area contributed by atoms with E-state index in [4.69, 9.17) is 9.47 Å². The van der Waals surface area contributed by atoms with E-state index in [1.54, 1.807) is 0 Å². The van der Waals surface area contributed by atoms with Crippen molar-refractivity contribution in [1.29, 1.82) is 0 Å². The number of aliphatic hydroxyl groups is 1. The van der Waals surface area contributed by atoms with Crippen molar-refractivity contribution in [1.82, 2.24) is 0 Å². The van der Waals surface area contributed by atoms with Gasteiger partial charge in [-0.3, -0.25) is 4.79 Å². The van der Waals surface area contributed by atoms with E-state index in [-0.39, 0.29) is 22.3 Å². The third-order valence-electron chi connectivity index (χ3n) is 8.22. The van der Waals surface area contributed by atoms with E-state index in [2.05, 4.69) is 27.7 Å². The Morgan fingerprint density at radius 2 is 1.88 bits per heavy atom. The summed E-state index contributed by atoms with van der Waals surface area (Å²) >= 11 is 0. The Balaban J connectivity index is 1.76. The van der Waals surface area contributed by atoms with Crippen molar-refractivity contribution in [3.05, 3.63) is 0 Å². The fourth-order valence-corrected chi connectivity index (χ4v) is 6.80. The minimum atomic E-state index is -0.721. The maximum absolute atomic E-state index is 12.9. The van der Waals surface area contributed by atoms with E-state index in [0.29, 0.717) is 31.1 Å². The highest BCUT2D eigenvalue weighted by atomic mass is 16.6.